The van der Waals surface area contributed by atoms with Gasteiger partial charge in [0.1, 0.15) is 0 Å². The van der Waals surface area contributed by atoms with Gasteiger partial charge in [-0.25, -0.2) is 0 Å². The van der Waals surface area contributed by atoms with Gasteiger partial charge in [-0.2, -0.15) is 0 Å². The maximum Gasteiger partial charge on any atom is 0.201 e. The highest BCUT2D eigenvalue weighted by Crippen LogP contribution is 2.47. The topological polar surface area (TPSA) is 37.3 Å². The van der Waals surface area contributed by atoms with Crippen LogP contribution >= 0.6 is 16.6 Å². The van der Waals surface area contributed by atoms with Crippen molar-refractivity contribution in [3.05, 3.63) is 0 Å². The fourth-order valence-corrected chi connectivity index (χ4v) is 8.20. The second-order valence-corrected chi connectivity index (χ2v) is 17.3. The molecule has 0 aromatic rings. The first-order chi connectivity index (χ1) is 14.9. The van der Waals surface area contributed by atoms with Crippen LogP contribution in [0.5, 0.6) is 0 Å². The molecule has 0 aromatic carbocycles. The van der Waals surface area contributed by atoms with Crippen LogP contribution in [0.25, 0.3) is 0 Å². The maximum atomic E-state index is 12.4. The molecule has 0 saturated carbocycles. The number of unbranched alkanes of at least 4 members (excludes halogenated alkanes) is 3. The molecule has 0 spiro atoms. The summed E-state index contributed by atoms with van der Waals surface area (Å²) in [6.45, 7) is 24.2. The Morgan fingerprint density at radius 1 is 0.697 bits per heavy atom. The van der Waals surface area contributed by atoms with Crippen molar-refractivity contribution in [2.45, 2.75) is 152 Å². The Labute approximate surface area is 212 Å². The molecule has 0 aromatic heterocycles. The fourth-order valence-electron chi connectivity index (χ4n) is 5.23. The zero-order valence-corrected chi connectivity index (χ0v) is 26.8. The Kier molecular flexibility index (Phi) is 18.6. The molecule has 0 saturated heterocycles. The summed E-state index contributed by atoms with van der Waals surface area (Å²) in [4.78, 5) is 10.2. The van der Waals surface area contributed by atoms with Crippen molar-refractivity contribution in [2.75, 3.05) is 12.3 Å². The summed E-state index contributed by atoms with van der Waals surface area (Å²) in [7, 11) is 0.189. The zero-order chi connectivity index (χ0) is 26.3. The van der Waals surface area contributed by atoms with Crippen molar-refractivity contribution in [1.29, 1.82) is 0 Å². The summed E-state index contributed by atoms with van der Waals surface area (Å²) in [5.74, 6) is 0.635. The molecule has 2 nitrogen and oxygen atoms in total. The van der Waals surface area contributed by atoms with E-state index in [0.29, 0.717) is 29.3 Å². The van der Waals surface area contributed by atoms with Gasteiger partial charge >= 0.3 is 0 Å². The Hall–Kier alpha value is 0.620. The van der Waals surface area contributed by atoms with E-state index in [9.17, 15) is 9.46 Å². The molecule has 0 heterocycles. The summed E-state index contributed by atoms with van der Waals surface area (Å²) in [6, 6.07) is 0. The van der Waals surface area contributed by atoms with Crippen LogP contribution in [0.3, 0.4) is 0 Å². The predicted molar refractivity (Wildman–Crippen MR) is 157 cm³/mol. The van der Waals surface area contributed by atoms with Gasteiger partial charge in [-0.05, 0) is 59.9 Å². The molecule has 1 N–H and O–H groups in total. The maximum absolute atomic E-state index is 12.4. The number of hydrogen-bond donors (Lipinski definition) is 1. The minimum atomic E-state index is -2.98. The van der Waals surface area contributed by atoms with Crippen molar-refractivity contribution < 1.29 is 9.46 Å². The van der Waals surface area contributed by atoms with Gasteiger partial charge in [0.25, 0.3) is 0 Å². The van der Waals surface area contributed by atoms with Crippen LogP contribution in [-0.4, -0.2) is 22.4 Å². The van der Waals surface area contributed by atoms with Gasteiger partial charge in [-0.3, -0.25) is 4.57 Å². The minimum Gasteiger partial charge on any atom is -0.344 e. The van der Waals surface area contributed by atoms with Crippen LogP contribution in [-0.2, 0) is 4.57 Å². The molecule has 0 aliphatic carbocycles. The van der Waals surface area contributed by atoms with Crippen molar-refractivity contribution >= 4 is 16.6 Å². The smallest absolute Gasteiger partial charge is 0.201 e. The van der Waals surface area contributed by atoms with Gasteiger partial charge in [0.2, 0.25) is 7.37 Å². The van der Waals surface area contributed by atoms with Gasteiger partial charge in [-0.15, -0.1) is 9.24 Å². The van der Waals surface area contributed by atoms with Gasteiger partial charge in [0.05, 0.1) is 0 Å². The summed E-state index contributed by atoms with van der Waals surface area (Å²) in [5, 5.41) is 0.571. The highest BCUT2D eigenvalue weighted by Gasteiger charge is 2.28. The Morgan fingerprint density at radius 2 is 0.970 bits per heavy atom. The highest BCUT2D eigenvalue weighted by atomic mass is 31.2. The van der Waals surface area contributed by atoms with Crippen LogP contribution in [0, 0.1) is 22.7 Å². The summed E-state index contributed by atoms with van der Waals surface area (Å²) in [5.41, 5.74) is 0.465. The lowest BCUT2D eigenvalue weighted by Gasteiger charge is -2.29. The molecule has 3 unspecified atom stereocenters. The third-order valence-electron chi connectivity index (χ3n) is 6.20. The van der Waals surface area contributed by atoms with Gasteiger partial charge in [0, 0.05) is 12.3 Å². The predicted octanol–water partition coefficient (Wildman–Crippen LogP) is 10.6. The normalized spacial score (nSPS) is 16.5. The molecule has 3 atom stereocenters. The first kappa shape index (κ1) is 35.8. The highest BCUT2D eigenvalue weighted by molar-refractivity contribution is 7.58. The van der Waals surface area contributed by atoms with Crippen LogP contribution in [0.2, 0.25) is 0 Å². The third-order valence-corrected chi connectivity index (χ3v) is 9.45. The molecule has 0 aliphatic heterocycles. The van der Waals surface area contributed by atoms with Crippen LogP contribution in [0.4, 0.5) is 0 Å². The Bertz CT molecular complexity index is 467. The fraction of sp³-hybridized carbons (Fsp3) is 1.00. The van der Waals surface area contributed by atoms with Crippen LogP contribution < -0.4 is 0 Å². The van der Waals surface area contributed by atoms with E-state index in [-0.39, 0.29) is 10.8 Å². The van der Waals surface area contributed by atoms with E-state index in [1.165, 1.54) is 57.8 Å². The van der Waals surface area contributed by atoms with Gasteiger partial charge < -0.3 is 4.89 Å². The van der Waals surface area contributed by atoms with E-state index in [1.807, 2.05) is 0 Å². The van der Waals surface area contributed by atoms with E-state index < -0.39 is 7.37 Å². The van der Waals surface area contributed by atoms with Gasteiger partial charge in [0.15, 0.2) is 0 Å². The molecule has 4 heteroatoms. The van der Waals surface area contributed by atoms with E-state index in [1.54, 1.807) is 0 Å². The average Bonchev–Trinajstić information content (AvgIpc) is 2.59. The average molecular weight is 507 g/mol. The summed E-state index contributed by atoms with van der Waals surface area (Å²) in [6.07, 6.45) is 15.4. The lowest BCUT2D eigenvalue weighted by Crippen LogP contribution is -2.20. The summed E-state index contributed by atoms with van der Waals surface area (Å²) < 4.78 is 12.4. The molecule has 0 fully saturated rings. The molecule has 202 valence electrons. The van der Waals surface area contributed by atoms with Crippen LogP contribution in [0.1, 0.15) is 147 Å². The van der Waals surface area contributed by atoms with E-state index in [2.05, 4.69) is 85.4 Å². The molecular formula is C29H64O2P2. The molecule has 0 amide bonds. The second kappa shape index (κ2) is 17.1. The van der Waals surface area contributed by atoms with E-state index >= 15 is 0 Å². The van der Waals surface area contributed by atoms with Crippen LogP contribution in [0.15, 0.2) is 0 Å². The Balaban J connectivity index is 0. The first-order valence-electron chi connectivity index (χ1n) is 14.0. The standard InChI is InChI=1S/C16H35O2P.C13H29P/c1-13(9-15(3,4)5)11-19(17,18)12-14(2)10-16(6,7)8;1-4-7-10-13(14,11-8-5-2)12-9-6-3/h13-14H,9-12H2,1-8H3,(H,17,18);4-12,14H2,1-3H3. The van der Waals surface area contributed by atoms with Gasteiger partial charge in [-0.1, -0.05) is 115 Å². The quantitative estimate of drug-likeness (QED) is 0.224. The molecular weight excluding hydrogens is 442 g/mol. The second-order valence-electron chi connectivity index (χ2n) is 13.6. The molecule has 0 aliphatic rings. The third kappa shape index (κ3) is 24.1. The molecule has 0 radical (unpaired) electrons. The minimum absolute atomic E-state index is 0.233. The SMILES string of the molecule is CC(CC(C)(C)C)CP(=O)(O)CC(C)CC(C)(C)C.CCCCC(P)(CCCC)CCCC. The Morgan fingerprint density at radius 3 is 1.18 bits per heavy atom. The molecule has 0 rings (SSSR count). The lowest BCUT2D eigenvalue weighted by atomic mass is 9.86. The molecule has 33 heavy (non-hydrogen) atoms. The van der Waals surface area contributed by atoms with Crippen molar-refractivity contribution in [3.63, 3.8) is 0 Å². The first-order valence-corrected chi connectivity index (χ1v) is 16.6. The molecule has 0 bridgehead atoms. The zero-order valence-electron chi connectivity index (χ0n) is 24.7. The number of rotatable bonds is 15. The van der Waals surface area contributed by atoms with Crippen molar-refractivity contribution in [3.8, 4) is 0 Å². The van der Waals surface area contributed by atoms with E-state index in [0.717, 1.165) is 12.8 Å². The monoisotopic (exact) mass is 506 g/mol. The summed E-state index contributed by atoms with van der Waals surface area (Å²) >= 11 is 0. The largest absolute Gasteiger partial charge is 0.344 e. The van der Waals surface area contributed by atoms with Crippen molar-refractivity contribution in [1.82, 2.24) is 0 Å². The van der Waals surface area contributed by atoms with Crippen molar-refractivity contribution in [2.24, 2.45) is 22.7 Å². The van der Waals surface area contributed by atoms with E-state index in [4.69, 9.17) is 0 Å². The lowest BCUT2D eigenvalue weighted by molar-refractivity contribution is 0.309. The number of hydrogen-bond acceptors (Lipinski definition) is 1.